The van der Waals surface area contributed by atoms with Crippen LogP contribution < -0.4 is 5.73 Å². The molecule has 0 aromatic rings. The molecule has 38 valence electrons. The molecule has 3 nitrogen and oxygen atoms in total. The van der Waals surface area contributed by atoms with Gasteiger partial charge in [-0.1, -0.05) is 0 Å². The van der Waals surface area contributed by atoms with Crippen LogP contribution in [0.4, 0.5) is 0 Å². The summed E-state index contributed by atoms with van der Waals surface area (Å²) in [7, 11) is 0. The summed E-state index contributed by atoms with van der Waals surface area (Å²) in [5.41, 5.74) is 4.73. The summed E-state index contributed by atoms with van der Waals surface area (Å²) in [5, 5.41) is 14.3. The van der Waals surface area contributed by atoms with E-state index in [1.165, 1.54) is 0 Å². The predicted octanol–water partition coefficient (Wildman–Crippen LogP) is -1.49. The van der Waals surface area contributed by atoms with Crippen molar-refractivity contribution in [2.24, 2.45) is 5.73 Å². The molecule has 0 fully saturated rings. The number of nitrogens with two attached hydrogens (primary N) is 1. The van der Waals surface area contributed by atoms with Gasteiger partial charge in [0.15, 0.2) is 0 Å². The van der Waals surface area contributed by atoms with Gasteiger partial charge < -0.3 is 15.9 Å². The molecule has 0 aliphatic carbocycles. The third kappa shape index (κ3) is 4.23. The van der Waals surface area contributed by atoms with Gasteiger partial charge in [0.1, 0.15) is 0 Å². The Morgan fingerprint density at radius 3 is 1.83 bits per heavy atom. The maximum Gasteiger partial charge on any atom is 0.223 e. The van der Waals surface area contributed by atoms with Crippen molar-refractivity contribution in [2.45, 2.75) is 5.12 Å². The van der Waals surface area contributed by atoms with Crippen LogP contribution in [0.2, 0.25) is 0 Å². The van der Waals surface area contributed by atoms with Gasteiger partial charge in [-0.05, 0) is 0 Å². The summed E-state index contributed by atoms with van der Waals surface area (Å²) in [5.74, 6) is 0. The average Bonchev–Trinajstić information content (AvgIpc) is 1.35. The van der Waals surface area contributed by atoms with E-state index in [0.29, 0.717) is 0 Å². The first kappa shape index (κ1) is 6.23. The minimum Gasteiger partial charge on any atom is -0.356 e. The fourth-order valence-corrected chi connectivity index (χ4v) is 0. The second-order valence-corrected chi connectivity index (χ2v) is 1.69. The van der Waals surface area contributed by atoms with Crippen molar-refractivity contribution >= 4 is 12.6 Å². The molecule has 0 amide bonds. The first-order chi connectivity index (χ1) is 2.56. The van der Waals surface area contributed by atoms with Gasteiger partial charge in [0.05, 0.1) is 6.54 Å². The van der Waals surface area contributed by atoms with E-state index in [2.05, 4.69) is 12.6 Å². The van der Waals surface area contributed by atoms with Crippen LogP contribution in [0.25, 0.3) is 0 Å². The lowest BCUT2D eigenvalue weighted by atomic mass is 10.7. The molecule has 0 aromatic carbocycles. The number of hydrogen-bond acceptors (Lipinski definition) is 4. The van der Waals surface area contributed by atoms with Crippen LogP contribution in [0.3, 0.4) is 0 Å². The van der Waals surface area contributed by atoms with Crippen LogP contribution in [0.5, 0.6) is 0 Å². The van der Waals surface area contributed by atoms with Crippen molar-refractivity contribution < 1.29 is 10.2 Å². The van der Waals surface area contributed by atoms with Gasteiger partial charge in [-0.2, -0.15) is 0 Å². The molecule has 6 heavy (non-hydrogen) atoms. The van der Waals surface area contributed by atoms with Gasteiger partial charge in [0, 0.05) is 0 Å². The van der Waals surface area contributed by atoms with Crippen LogP contribution in [-0.4, -0.2) is 21.9 Å². The topological polar surface area (TPSA) is 66.5 Å². The fourth-order valence-electron chi connectivity index (χ4n) is 0. The highest BCUT2D eigenvalue weighted by atomic mass is 32.1. The summed E-state index contributed by atoms with van der Waals surface area (Å²) >= 11 is 3.24. The van der Waals surface area contributed by atoms with Crippen LogP contribution >= 0.6 is 12.6 Å². The van der Waals surface area contributed by atoms with Gasteiger partial charge in [-0.25, -0.2) is 0 Å². The minimum absolute atomic E-state index is 0.254. The summed E-state index contributed by atoms with van der Waals surface area (Å²) < 4.78 is 0. The van der Waals surface area contributed by atoms with Crippen LogP contribution in [0, 0.1) is 0 Å². The molecule has 0 heterocycles. The Hall–Kier alpha value is 0.230. The first-order valence-electron chi connectivity index (χ1n) is 1.43. The molecule has 0 rings (SSSR count). The zero-order chi connectivity index (χ0) is 5.21. The molecule has 0 atom stereocenters. The lowest BCUT2D eigenvalue weighted by Gasteiger charge is -2.08. The van der Waals surface area contributed by atoms with Gasteiger partial charge in [0.25, 0.3) is 0 Å². The summed E-state index contributed by atoms with van der Waals surface area (Å²) in [6, 6.07) is 0. The molecular formula is C2H7NO2S. The number of aliphatic hydroxyl groups is 2. The van der Waals surface area contributed by atoms with Crippen molar-refractivity contribution in [3.8, 4) is 0 Å². The highest BCUT2D eigenvalue weighted by Gasteiger charge is 2.10. The molecule has 4 heteroatoms. The van der Waals surface area contributed by atoms with Crippen LogP contribution in [0.1, 0.15) is 0 Å². The smallest absolute Gasteiger partial charge is 0.223 e. The SMILES string of the molecule is NCC(O)(O)S. The molecule has 0 radical (unpaired) electrons. The van der Waals surface area contributed by atoms with E-state index in [1.54, 1.807) is 0 Å². The highest BCUT2D eigenvalue weighted by Crippen LogP contribution is 1.98. The van der Waals surface area contributed by atoms with Gasteiger partial charge in [-0.3, -0.25) is 0 Å². The minimum atomic E-state index is -1.99. The molecule has 0 saturated heterocycles. The van der Waals surface area contributed by atoms with Crippen molar-refractivity contribution in [3.63, 3.8) is 0 Å². The molecular weight excluding hydrogens is 102 g/mol. The maximum absolute atomic E-state index is 8.12. The highest BCUT2D eigenvalue weighted by molar-refractivity contribution is 7.81. The molecule has 0 saturated carbocycles. The first-order valence-corrected chi connectivity index (χ1v) is 1.88. The molecule has 0 bridgehead atoms. The molecule has 4 N–H and O–H groups in total. The quantitative estimate of drug-likeness (QED) is 0.245. The Balaban J connectivity index is 3.17. The largest absolute Gasteiger partial charge is 0.356 e. The van der Waals surface area contributed by atoms with E-state index in [0.717, 1.165) is 0 Å². The Morgan fingerprint density at radius 2 is 1.83 bits per heavy atom. The van der Waals surface area contributed by atoms with Gasteiger partial charge in [-0.15, -0.1) is 12.6 Å². The van der Waals surface area contributed by atoms with Crippen molar-refractivity contribution in [1.82, 2.24) is 0 Å². The number of rotatable bonds is 1. The van der Waals surface area contributed by atoms with Crippen molar-refractivity contribution in [2.75, 3.05) is 6.54 Å². The number of hydrogen-bond donors (Lipinski definition) is 4. The van der Waals surface area contributed by atoms with E-state index in [-0.39, 0.29) is 6.54 Å². The molecule has 0 spiro atoms. The van der Waals surface area contributed by atoms with E-state index in [1.807, 2.05) is 0 Å². The van der Waals surface area contributed by atoms with Gasteiger partial charge in [0.2, 0.25) is 5.12 Å². The molecule has 0 aliphatic rings. The van der Waals surface area contributed by atoms with E-state index >= 15 is 0 Å². The average molecular weight is 109 g/mol. The summed E-state index contributed by atoms with van der Waals surface area (Å²) in [6.45, 7) is -0.254. The van der Waals surface area contributed by atoms with E-state index in [4.69, 9.17) is 15.9 Å². The Morgan fingerprint density at radius 1 is 1.67 bits per heavy atom. The van der Waals surface area contributed by atoms with Gasteiger partial charge >= 0.3 is 0 Å². The monoisotopic (exact) mass is 109 g/mol. The zero-order valence-corrected chi connectivity index (χ0v) is 4.02. The molecule has 0 aromatic heterocycles. The Kier molecular flexibility index (Phi) is 1.86. The van der Waals surface area contributed by atoms with Crippen molar-refractivity contribution in [1.29, 1.82) is 0 Å². The van der Waals surface area contributed by atoms with Crippen molar-refractivity contribution in [3.05, 3.63) is 0 Å². The Labute approximate surface area is 41.2 Å². The Bertz CT molecular complexity index is 41.3. The standard InChI is InChI=1S/C2H7NO2S/c3-1-2(4,5)6/h4-6H,1,3H2. The molecule has 0 aliphatic heterocycles. The van der Waals surface area contributed by atoms with E-state index < -0.39 is 5.12 Å². The fraction of sp³-hybridized carbons (Fsp3) is 1.00. The van der Waals surface area contributed by atoms with Crippen LogP contribution in [0.15, 0.2) is 0 Å². The second kappa shape index (κ2) is 1.79. The van der Waals surface area contributed by atoms with E-state index in [9.17, 15) is 0 Å². The zero-order valence-electron chi connectivity index (χ0n) is 3.13. The maximum atomic E-state index is 8.12. The summed E-state index contributed by atoms with van der Waals surface area (Å²) in [6.07, 6.45) is 0. The second-order valence-electron chi connectivity index (χ2n) is 0.978. The summed E-state index contributed by atoms with van der Waals surface area (Å²) in [4.78, 5) is 0. The third-order valence-electron chi connectivity index (χ3n) is 0.274. The predicted molar refractivity (Wildman–Crippen MR) is 25.2 cm³/mol. The normalized spacial score (nSPS) is 12.0. The lowest BCUT2D eigenvalue weighted by molar-refractivity contribution is -0.0647. The number of thiol groups is 1. The third-order valence-corrected chi connectivity index (χ3v) is 0.456. The lowest BCUT2D eigenvalue weighted by Crippen LogP contribution is -2.30. The molecule has 0 unspecified atom stereocenters. The van der Waals surface area contributed by atoms with Crippen LogP contribution in [-0.2, 0) is 0 Å².